The molecule has 1 heterocycles. The molecule has 184 valence electrons. The summed E-state index contributed by atoms with van der Waals surface area (Å²) >= 11 is 0. The van der Waals surface area contributed by atoms with E-state index in [1.54, 1.807) is 6.07 Å². The quantitative estimate of drug-likeness (QED) is 0.230. The molecule has 0 spiro atoms. The molecule has 0 bridgehead atoms. The first-order valence-corrected chi connectivity index (χ1v) is 12.4. The number of carbonyl (C=O) groups is 1. The van der Waals surface area contributed by atoms with E-state index < -0.39 is 5.97 Å². The minimum Gasteiger partial charge on any atom is -0.482 e. The van der Waals surface area contributed by atoms with E-state index in [1.807, 2.05) is 48.5 Å². The molecule has 5 rings (SSSR count). The number of aryl methyl sites for hydroxylation is 2. The Morgan fingerprint density at radius 3 is 2.03 bits per heavy atom. The number of aliphatic carboxylic acids is 1. The zero-order valence-corrected chi connectivity index (χ0v) is 20.5. The van der Waals surface area contributed by atoms with Crippen LogP contribution in [-0.4, -0.2) is 27.5 Å². The summed E-state index contributed by atoms with van der Waals surface area (Å²) in [6.07, 6.45) is 1.69. The average Bonchev–Trinajstić information content (AvgIpc) is 3.33. The molecule has 5 nitrogen and oxygen atoms in total. The third-order valence-electron chi connectivity index (χ3n) is 6.21. The summed E-state index contributed by atoms with van der Waals surface area (Å²) in [4.78, 5) is 10.8. The standard InChI is InChI=1S/C32H28N2O3/c35-29(36)23-37-28-20-10-12-24(22-28)13-11-21-34-32(27-18-8-3-9-19-27)30(25-14-4-1-5-15-25)31(33-34)26-16-6-2-7-17-26/h1-10,12,14-20,22H,11,13,21,23H2,(H,35,36). The maximum absolute atomic E-state index is 10.8. The summed E-state index contributed by atoms with van der Waals surface area (Å²) in [6, 6.07) is 38.8. The molecule has 0 aliphatic rings. The van der Waals surface area contributed by atoms with Crippen LogP contribution in [0.4, 0.5) is 0 Å². The third-order valence-corrected chi connectivity index (χ3v) is 6.21. The Morgan fingerprint density at radius 2 is 1.38 bits per heavy atom. The Morgan fingerprint density at radius 1 is 0.757 bits per heavy atom. The summed E-state index contributed by atoms with van der Waals surface area (Å²) in [5, 5.41) is 14.0. The molecule has 37 heavy (non-hydrogen) atoms. The van der Waals surface area contributed by atoms with Crippen molar-refractivity contribution in [3.8, 4) is 39.4 Å². The topological polar surface area (TPSA) is 64.3 Å². The fourth-order valence-electron chi connectivity index (χ4n) is 4.56. The van der Waals surface area contributed by atoms with Crippen molar-refractivity contribution < 1.29 is 14.6 Å². The first-order valence-electron chi connectivity index (χ1n) is 12.4. The molecule has 5 heteroatoms. The Bertz CT molecular complexity index is 1460. The molecule has 0 aliphatic carbocycles. The normalized spacial score (nSPS) is 10.8. The second-order valence-electron chi connectivity index (χ2n) is 8.83. The second kappa shape index (κ2) is 11.4. The molecule has 0 saturated carbocycles. The van der Waals surface area contributed by atoms with Crippen molar-refractivity contribution in [2.24, 2.45) is 0 Å². The second-order valence-corrected chi connectivity index (χ2v) is 8.83. The van der Waals surface area contributed by atoms with Crippen molar-refractivity contribution in [1.82, 2.24) is 9.78 Å². The number of hydrogen-bond donors (Lipinski definition) is 1. The summed E-state index contributed by atoms with van der Waals surface area (Å²) in [6.45, 7) is 0.388. The molecular weight excluding hydrogens is 460 g/mol. The highest BCUT2D eigenvalue weighted by atomic mass is 16.5. The number of aromatic nitrogens is 2. The number of carboxylic acids is 1. The highest BCUT2D eigenvalue weighted by molar-refractivity contribution is 5.91. The summed E-state index contributed by atoms with van der Waals surface area (Å²) in [5.41, 5.74) is 7.64. The molecule has 0 atom stereocenters. The maximum Gasteiger partial charge on any atom is 0.341 e. The lowest BCUT2D eigenvalue weighted by atomic mass is 9.96. The summed E-state index contributed by atoms with van der Waals surface area (Å²) in [7, 11) is 0. The molecule has 0 aliphatic heterocycles. The third kappa shape index (κ3) is 5.78. The highest BCUT2D eigenvalue weighted by Crippen LogP contribution is 2.40. The largest absolute Gasteiger partial charge is 0.482 e. The molecule has 0 radical (unpaired) electrons. The van der Waals surface area contributed by atoms with Crippen LogP contribution in [-0.2, 0) is 17.8 Å². The van der Waals surface area contributed by atoms with Gasteiger partial charge in [-0.3, -0.25) is 4.68 Å². The number of nitrogens with zero attached hydrogens (tertiary/aromatic N) is 2. The zero-order valence-electron chi connectivity index (χ0n) is 20.5. The van der Waals surface area contributed by atoms with E-state index in [9.17, 15) is 4.79 Å². The monoisotopic (exact) mass is 488 g/mol. The van der Waals surface area contributed by atoms with Gasteiger partial charge in [-0.2, -0.15) is 5.10 Å². The fourth-order valence-corrected chi connectivity index (χ4v) is 4.56. The van der Waals surface area contributed by atoms with Crippen molar-refractivity contribution in [3.05, 3.63) is 121 Å². The van der Waals surface area contributed by atoms with Gasteiger partial charge >= 0.3 is 5.97 Å². The fraction of sp³-hybridized carbons (Fsp3) is 0.125. The van der Waals surface area contributed by atoms with Crippen molar-refractivity contribution in [1.29, 1.82) is 0 Å². The molecule has 1 N–H and O–H groups in total. The van der Waals surface area contributed by atoms with Gasteiger partial charge in [0.2, 0.25) is 0 Å². The van der Waals surface area contributed by atoms with Crippen LogP contribution >= 0.6 is 0 Å². The van der Waals surface area contributed by atoms with Crippen molar-refractivity contribution in [2.75, 3.05) is 6.61 Å². The predicted molar refractivity (Wildman–Crippen MR) is 146 cm³/mol. The molecule has 0 unspecified atom stereocenters. The van der Waals surface area contributed by atoms with Gasteiger partial charge in [-0.05, 0) is 36.1 Å². The number of ether oxygens (including phenoxy) is 1. The van der Waals surface area contributed by atoms with E-state index in [0.717, 1.165) is 58.6 Å². The highest BCUT2D eigenvalue weighted by Gasteiger charge is 2.21. The minimum atomic E-state index is -0.985. The zero-order chi connectivity index (χ0) is 25.5. The van der Waals surface area contributed by atoms with E-state index >= 15 is 0 Å². The smallest absolute Gasteiger partial charge is 0.341 e. The van der Waals surface area contributed by atoms with E-state index in [1.165, 1.54) is 0 Å². The van der Waals surface area contributed by atoms with Crippen LogP contribution in [0, 0.1) is 0 Å². The molecule has 0 amide bonds. The average molecular weight is 489 g/mol. The number of carboxylic acid groups (broad SMARTS) is 1. The van der Waals surface area contributed by atoms with Gasteiger partial charge in [-0.1, -0.05) is 103 Å². The van der Waals surface area contributed by atoms with E-state index in [2.05, 4.69) is 65.3 Å². The predicted octanol–water partition coefficient (Wildman–Crippen LogP) is 6.98. The van der Waals surface area contributed by atoms with Gasteiger partial charge in [-0.15, -0.1) is 0 Å². The maximum atomic E-state index is 10.8. The lowest BCUT2D eigenvalue weighted by molar-refractivity contribution is -0.139. The van der Waals surface area contributed by atoms with Crippen LogP contribution in [0.5, 0.6) is 5.75 Å². The molecule has 4 aromatic carbocycles. The van der Waals surface area contributed by atoms with Gasteiger partial charge < -0.3 is 9.84 Å². The Kier molecular flexibility index (Phi) is 7.42. The van der Waals surface area contributed by atoms with Crippen LogP contribution in [0.15, 0.2) is 115 Å². The van der Waals surface area contributed by atoms with E-state index in [-0.39, 0.29) is 6.61 Å². The van der Waals surface area contributed by atoms with Gasteiger partial charge in [0, 0.05) is 23.2 Å². The Hall–Kier alpha value is -4.64. The number of rotatable bonds is 10. The van der Waals surface area contributed by atoms with Crippen molar-refractivity contribution >= 4 is 5.97 Å². The first kappa shape index (κ1) is 24.1. The molecule has 0 saturated heterocycles. The number of benzene rings is 4. The van der Waals surface area contributed by atoms with Gasteiger partial charge in [0.15, 0.2) is 6.61 Å². The van der Waals surface area contributed by atoms with Crippen LogP contribution in [0.2, 0.25) is 0 Å². The molecule has 5 aromatic rings. The van der Waals surface area contributed by atoms with Gasteiger partial charge in [0.25, 0.3) is 0 Å². The van der Waals surface area contributed by atoms with Gasteiger partial charge in [-0.25, -0.2) is 4.79 Å². The molecular formula is C32H28N2O3. The van der Waals surface area contributed by atoms with Crippen LogP contribution in [0.1, 0.15) is 12.0 Å². The number of hydrogen-bond acceptors (Lipinski definition) is 3. The van der Waals surface area contributed by atoms with Crippen LogP contribution in [0.3, 0.4) is 0 Å². The SMILES string of the molecule is O=C(O)COc1cccc(CCCn2nc(-c3ccccc3)c(-c3ccccc3)c2-c2ccccc2)c1. The lowest BCUT2D eigenvalue weighted by Gasteiger charge is -2.11. The van der Waals surface area contributed by atoms with Gasteiger partial charge in [0.05, 0.1) is 5.69 Å². The lowest BCUT2D eigenvalue weighted by Crippen LogP contribution is -2.09. The van der Waals surface area contributed by atoms with Gasteiger partial charge in [0.1, 0.15) is 11.4 Å². The Balaban J connectivity index is 1.50. The molecule has 0 fully saturated rings. The Labute approximate surface area is 216 Å². The first-order chi connectivity index (χ1) is 18.2. The molecule has 1 aromatic heterocycles. The van der Waals surface area contributed by atoms with Crippen LogP contribution in [0.25, 0.3) is 33.6 Å². The van der Waals surface area contributed by atoms with E-state index in [0.29, 0.717) is 5.75 Å². The van der Waals surface area contributed by atoms with E-state index in [4.69, 9.17) is 14.9 Å². The summed E-state index contributed by atoms with van der Waals surface area (Å²) in [5.74, 6) is -0.414. The minimum absolute atomic E-state index is 0.346. The van der Waals surface area contributed by atoms with Crippen molar-refractivity contribution in [2.45, 2.75) is 19.4 Å². The van der Waals surface area contributed by atoms with Crippen molar-refractivity contribution in [3.63, 3.8) is 0 Å². The summed E-state index contributed by atoms with van der Waals surface area (Å²) < 4.78 is 7.48. The van der Waals surface area contributed by atoms with Crippen LogP contribution < -0.4 is 4.74 Å².